The molecule has 1 N–H and O–H groups in total. The van der Waals surface area contributed by atoms with Crippen LogP contribution in [0, 0.1) is 0 Å². The van der Waals surface area contributed by atoms with Crippen molar-refractivity contribution in [2.75, 3.05) is 20.1 Å². The molecule has 0 saturated carbocycles. The van der Waals surface area contributed by atoms with Crippen LogP contribution in [0.5, 0.6) is 0 Å². The highest BCUT2D eigenvalue weighted by atomic mass is 16.2. The molecule has 1 aliphatic heterocycles. The molecule has 1 amide bonds. The van der Waals surface area contributed by atoms with Crippen LogP contribution < -0.4 is 5.32 Å². The molecule has 0 aromatic rings. The molecule has 1 heterocycles. The van der Waals surface area contributed by atoms with Crippen molar-refractivity contribution in [3.05, 3.63) is 0 Å². The highest BCUT2D eigenvalue weighted by Gasteiger charge is 2.23. The summed E-state index contributed by atoms with van der Waals surface area (Å²) in [6.45, 7) is 6.06. The number of nitrogens with zero attached hydrogens (tertiary/aromatic N) is 1. The van der Waals surface area contributed by atoms with Crippen molar-refractivity contribution < 1.29 is 4.79 Å². The van der Waals surface area contributed by atoms with Crippen molar-refractivity contribution in [1.82, 2.24) is 10.2 Å². The average molecular weight is 212 g/mol. The summed E-state index contributed by atoms with van der Waals surface area (Å²) >= 11 is 0. The summed E-state index contributed by atoms with van der Waals surface area (Å²) in [5, 5.41) is 3.18. The molecule has 1 rings (SSSR count). The van der Waals surface area contributed by atoms with Gasteiger partial charge in [0.25, 0.3) is 0 Å². The van der Waals surface area contributed by atoms with Gasteiger partial charge in [-0.15, -0.1) is 0 Å². The van der Waals surface area contributed by atoms with E-state index in [2.05, 4.69) is 19.2 Å². The lowest BCUT2D eigenvalue weighted by molar-refractivity contribution is -0.132. The Hall–Kier alpha value is -0.570. The molecule has 3 heteroatoms. The first-order valence-corrected chi connectivity index (χ1v) is 6.02. The Labute approximate surface area is 93.2 Å². The van der Waals surface area contributed by atoms with Crippen molar-refractivity contribution in [2.45, 2.75) is 51.5 Å². The van der Waals surface area contributed by atoms with Crippen LogP contribution in [0.2, 0.25) is 0 Å². The van der Waals surface area contributed by atoms with Crippen LogP contribution in [0.3, 0.4) is 0 Å². The molecule has 0 aliphatic carbocycles. The van der Waals surface area contributed by atoms with Crippen molar-refractivity contribution in [2.24, 2.45) is 0 Å². The van der Waals surface area contributed by atoms with Crippen molar-refractivity contribution in [3.63, 3.8) is 0 Å². The maximum Gasteiger partial charge on any atom is 0.224 e. The normalized spacial score (nSPS) is 18.7. The molecule has 1 aliphatic rings. The summed E-state index contributed by atoms with van der Waals surface area (Å²) in [5.41, 5.74) is -0.0800. The molecule has 15 heavy (non-hydrogen) atoms. The zero-order chi connectivity index (χ0) is 11.3. The predicted octanol–water partition coefficient (Wildman–Crippen LogP) is 1.78. The van der Waals surface area contributed by atoms with E-state index in [0.29, 0.717) is 12.3 Å². The first kappa shape index (κ1) is 12.5. The van der Waals surface area contributed by atoms with E-state index >= 15 is 0 Å². The van der Waals surface area contributed by atoms with E-state index in [1.54, 1.807) is 0 Å². The van der Waals surface area contributed by atoms with Crippen LogP contribution in [-0.4, -0.2) is 36.5 Å². The van der Waals surface area contributed by atoms with Gasteiger partial charge in [-0.25, -0.2) is 0 Å². The number of carbonyl (C=O) groups excluding carboxylic acids is 1. The third-order valence-electron chi connectivity index (χ3n) is 3.23. The topological polar surface area (TPSA) is 32.3 Å². The lowest BCUT2D eigenvalue weighted by Crippen LogP contribution is -2.43. The van der Waals surface area contributed by atoms with E-state index in [-0.39, 0.29) is 5.54 Å². The zero-order valence-electron chi connectivity index (χ0n) is 10.3. The van der Waals surface area contributed by atoms with Crippen molar-refractivity contribution in [3.8, 4) is 0 Å². The summed E-state index contributed by atoms with van der Waals surface area (Å²) in [7, 11) is 1.91. The van der Waals surface area contributed by atoms with Gasteiger partial charge in [0.2, 0.25) is 5.91 Å². The molecule has 0 radical (unpaired) electrons. The van der Waals surface area contributed by atoms with Gasteiger partial charge in [0.15, 0.2) is 0 Å². The fourth-order valence-electron chi connectivity index (χ4n) is 1.90. The number of amides is 1. The quantitative estimate of drug-likeness (QED) is 0.773. The summed E-state index contributed by atoms with van der Waals surface area (Å²) in [4.78, 5) is 14.0. The van der Waals surface area contributed by atoms with Gasteiger partial charge in [0.1, 0.15) is 0 Å². The Morgan fingerprint density at radius 3 is 2.20 bits per heavy atom. The smallest absolute Gasteiger partial charge is 0.224 e. The van der Waals surface area contributed by atoms with Crippen LogP contribution in [0.1, 0.15) is 46.0 Å². The van der Waals surface area contributed by atoms with Gasteiger partial charge in [-0.1, -0.05) is 12.8 Å². The van der Waals surface area contributed by atoms with Crippen LogP contribution in [0.25, 0.3) is 0 Å². The number of carbonyl (C=O) groups is 1. The maximum atomic E-state index is 12.0. The standard InChI is InChI=1S/C12H24N2O/c1-12(2,13-3)10-11(15)14-8-6-4-5-7-9-14/h13H,4-10H2,1-3H3. The second-order valence-corrected chi connectivity index (χ2v) is 5.11. The first-order chi connectivity index (χ1) is 7.05. The summed E-state index contributed by atoms with van der Waals surface area (Å²) in [6.07, 6.45) is 5.50. The van der Waals surface area contributed by atoms with E-state index in [4.69, 9.17) is 0 Å². The summed E-state index contributed by atoms with van der Waals surface area (Å²) in [6, 6.07) is 0. The van der Waals surface area contributed by atoms with Gasteiger partial charge in [-0.05, 0) is 33.7 Å². The lowest BCUT2D eigenvalue weighted by atomic mass is 10.0. The average Bonchev–Trinajstić information content (AvgIpc) is 2.45. The Morgan fingerprint density at radius 1 is 1.20 bits per heavy atom. The highest BCUT2D eigenvalue weighted by molar-refractivity contribution is 5.77. The third kappa shape index (κ3) is 4.20. The number of nitrogens with one attached hydrogen (secondary N) is 1. The summed E-state index contributed by atoms with van der Waals surface area (Å²) in [5.74, 6) is 0.302. The molecule has 0 aromatic heterocycles. The monoisotopic (exact) mass is 212 g/mol. The van der Waals surface area contributed by atoms with Crippen LogP contribution in [0.4, 0.5) is 0 Å². The van der Waals surface area contributed by atoms with E-state index in [1.165, 1.54) is 25.7 Å². The Bertz CT molecular complexity index is 206. The minimum atomic E-state index is -0.0800. The molecule has 0 aromatic carbocycles. The minimum Gasteiger partial charge on any atom is -0.343 e. The lowest BCUT2D eigenvalue weighted by Gasteiger charge is -2.28. The number of rotatable bonds is 3. The molecule has 88 valence electrons. The fourth-order valence-corrected chi connectivity index (χ4v) is 1.90. The van der Waals surface area contributed by atoms with E-state index in [1.807, 2.05) is 11.9 Å². The second-order valence-electron chi connectivity index (χ2n) is 5.11. The third-order valence-corrected chi connectivity index (χ3v) is 3.23. The van der Waals surface area contributed by atoms with E-state index in [9.17, 15) is 4.79 Å². The van der Waals surface area contributed by atoms with Crippen LogP contribution in [-0.2, 0) is 4.79 Å². The molecule has 3 nitrogen and oxygen atoms in total. The SMILES string of the molecule is CNC(C)(C)CC(=O)N1CCCCCC1. The molecule has 0 bridgehead atoms. The largest absolute Gasteiger partial charge is 0.343 e. The Balaban J connectivity index is 2.44. The van der Waals surface area contributed by atoms with Crippen molar-refractivity contribution in [1.29, 1.82) is 0 Å². The van der Waals surface area contributed by atoms with Crippen LogP contribution in [0.15, 0.2) is 0 Å². The van der Waals surface area contributed by atoms with E-state index in [0.717, 1.165) is 13.1 Å². The predicted molar refractivity (Wildman–Crippen MR) is 62.8 cm³/mol. The molecule has 0 atom stereocenters. The molecule has 1 fully saturated rings. The van der Waals surface area contributed by atoms with E-state index < -0.39 is 0 Å². The number of likely N-dealkylation sites (tertiary alicyclic amines) is 1. The number of hydrogen-bond acceptors (Lipinski definition) is 2. The zero-order valence-corrected chi connectivity index (χ0v) is 10.3. The Morgan fingerprint density at radius 2 is 1.73 bits per heavy atom. The minimum absolute atomic E-state index is 0.0800. The Kier molecular flexibility index (Phi) is 4.58. The first-order valence-electron chi connectivity index (χ1n) is 6.02. The molecular formula is C12H24N2O. The van der Waals surface area contributed by atoms with Gasteiger partial charge >= 0.3 is 0 Å². The number of hydrogen-bond donors (Lipinski definition) is 1. The van der Waals surface area contributed by atoms with Gasteiger partial charge < -0.3 is 10.2 Å². The maximum absolute atomic E-state index is 12.0. The molecule has 1 saturated heterocycles. The van der Waals surface area contributed by atoms with Crippen LogP contribution >= 0.6 is 0 Å². The molecular weight excluding hydrogens is 188 g/mol. The van der Waals surface area contributed by atoms with Gasteiger partial charge in [0.05, 0.1) is 0 Å². The fraction of sp³-hybridized carbons (Fsp3) is 0.917. The van der Waals surface area contributed by atoms with Gasteiger partial charge in [0, 0.05) is 25.0 Å². The summed E-state index contributed by atoms with van der Waals surface area (Å²) < 4.78 is 0. The molecule has 0 unspecified atom stereocenters. The van der Waals surface area contributed by atoms with Crippen molar-refractivity contribution >= 4 is 5.91 Å². The molecule has 0 spiro atoms. The van der Waals surface area contributed by atoms with Gasteiger partial charge in [-0.2, -0.15) is 0 Å². The van der Waals surface area contributed by atoms with Gasteiger partial charge in [-0.3, -0.25) is 4.79 Å². The second kappa shape index (κ2) is 5.50. The highest BCUT2D eigenvalue weighted by Crippen LogP contribution is 2.14.